The molecule has 0 aromatic heterocycles. The first-order valence-electron chi connectivity index (χ1n) is 9.81. The lowest BCUT2D eigenvalue weighted by atomic mass is 9.95. The highest BCUT2D eigenvalue weighted by atomic mass is 35.5. The van der Waals surface area contributed by atoms with Crippen LogP contribution in [0.5, 0.6) is 11.5 Å². The van der Waals surface area contributed by atoms with Crippen LogP contribution in [0.3, 0.4) is 0 Å². The lowest BCUT2D eigenvalue weighted by Gasteiger charge is -2.29. The van der Waals surface area contributed by atoms with E-state index in [4.69, 9.17) is 46.4 Å². The second-order valence-corrected chi connectivity index (χ2v) is 11.7. The van der Waals surface area contributed by atoms with Crippen LogP contribution in [-0.2, 0) is 0 Å². The Labute approximate surface area is 204 Å². The van der Waals surface area contributed by atoms with Crippen molar-refractivity contribution >= 4 is 70.2 Å². The lowest BCUT2D eigenvalue weighted by molar-refractivity contribution is 0.479. The first-order chi connectivity index (χ1) is 14.5. The molecule has 0 bridgehead atoms. The van der Waals surface area contributed by atoms with Crippen molar-refractivity contribution in [1.29, 1.82) is 0 Å². The number of rotatable bonds is 5. The molecule has 0 unspecified atom stereocenters. The van der Waals surface area contributed by atoms with Crippen LogP contribution in [0.25, 0.3) is 0 Å². The van der Waals surface area contributed by atoms with E-state index in [1.165, 1.54) is 12.1 Å². The van der Waals surface area contributed by atoms with Crippen molar-refractivity contribution in [3.63, 3.8) is 0 Å². The fourth-order valence-corrected chi connectivity index (χ4v) is 7.98. The third-order valence-corrected chi connectivity index (χ3v) is 8.69. The number of benzene rings is 3. The maximum Gasteiger partial charge on any atom is 0.142 e. The maximum absolute atomic E-state index is 11.0. The van der Waals surface area contributed by atoms with Gasteiger partial charge in [-0.15, -0.1) is 0 Å². The molecule has 3 rings (SSSR count). The summed E-state index contributed by atoms with van der Waals surface area (Å²) < 4.78 is 0. The van der Waals surface area contributed by atoms with Gasteiger partial charge in [-0.3, -0.25) is 0 Å². The first kappa shape index (κ1) is 24.5. The van der Waals surface area contributed by atoms with E-state index < -0.39 is 7.92 Å². The van der Waals surface area contributed by atoms with Gasteiger partial charge in [0.15, 0.2) is 0 Å². The minimum Gasteiger partial charge on any atom is -0.506 e. The van der Waals surface area contributed by atoms with Gasteiger partial charge in [0.25, 0.3) is 0 Å². The Morgan fingerprint density at radius 1 is 0.677 bits per heavy atom. The number of phenols is 2. The molecule has 3 aromatic carbocycles. The Hall–Kier alpha value is -1.15. The standard InChI is InChI=1S/C24H23Cl4O2P/c1-12(2)16-6-5-7-17(13(3)4)24(16)31(20-10-14(25)8-18(27)22(20)29)21-11-15(26)9-19(28)23(21)30/h5-13,29-30H,1-4H3. The van der Waals surface area contributed by atoms with Crippen molar-refractivity contribution in [3.05, 3.63) is 73.7 Å². The largest absolute Gasteiger partial charge is 0.506 e. The highest BCUT2D eigenvalue weighted by Gasteiger charge is 2.31. The van der Waals surface area contributed by atoms with Crippen LogP contribution in [0.1, 0.15) is 50.7 Å². The average Bonchev–Trinajstić information content (AvgIpc) is 2.68. The van der Waals surface area contributed by atoms with Gasteiger partial charge in [-0.1, -0.05) is 92.3 Å². The van der Waals surface area contributed by atoms with Gasteiger partial charge in [0.1, 0.15) is 11.5 Å². The zero-order chi connectivity index (χ0) is 23.0. The molecule has 31 heavy (non-hydrogen) atoms. The van der Waals surface area contributed by atoms with Crippen LogP contribution in [0.15, 0.2) is 42.5 Å². The van der Waals surface area contributed by atoms with Crippen LogP contribution < -0.4 is 15.9 Å². The van der Waals surface area contributed by atoms with Crippen LogP contribution in [0.4, 0.5) is 0 Å². The summed E-state index contributed by atoms with van der Waals surface area (Å²) in [7, 11) is -1.50. The minimum absolute atomic E-state index is 0.0686. The summed E-state index contributed by atoms with van der Waals surface area (Å²) in [5.74, 6) is 0.265. The molecule has 3 aromatic rings. The molecule has 0 fully saturated rings. The van der Waals surface area contributed by atoms with Gasteiger partial charge < -0.3 is 10.2 Å². The number of halogens is 4. The van der Waals surface area contributed by atoms with Gasteiger partial charge in [-0.05, 0) is 60.5 Å². The number of hydrogen-bond donors (Lipinski definition) is 2. The molecule has 0 amide bonds. The van der Waals surface area contributed by atoms with E-state index in [0.717, 1.165) is 16.4 Å². The number of aromatic hydroxyl groups is 2. The third kappa shape index (κ3) is 4.95. The molecule has 2 N–H and O–H groups in total. The minimum atomic E-state index is -1.50. The Bertz CT molecular complexity index is 1050. The van der Waals surface area contributed by atoms with Crippen molar-refractivity contribution in [2.24, 2.45) is 0 Å². The van der Waals surface area contributed by atoms with E-state index in [2.05, 4.69) is 39.8 Å². The molecule has 2 nitrogen and oxygen atoms in total. The molecule has 0 aliphatic rings. The van der Waals surface area contributed by atoms with Crippen molar-refractivity contribution in [2.45, 2.75) is 39.5 Å². The Morgan fingerprint density at radius 2 is 1.06 bits per heavy atom. The average molecular weight is 516 g/mol. The molecule has 0 radical (unpaired) electrons. The highest BCUT2D eigenvalue weighted by molar-refractivity contribution is 7.80. The van der Waals surface area contributed by atoms with E-state index in [9.17, 15) is 10.2 Å². The highest BCUT2D eigenvalue weighted by Crippen LogP contribution is 2.47. The molecule has 0 saturated heterocycles. The first-order valence-corrected chi connectivity index (χ1v) is 12.7. The Morgan fingerprint density at radius 3 is 1.42 bits per heavy atom. The van der Waals surface area contributed by atoms with E-state index in [-0.39, 0.29) is 33.4 Å². The lowest BCUT2D eigenvalue weighted by Crippen LogP contribution is -2.28. The number of phenolic OH excluding ortho intramolecular Hbond substituents is 2. The predicted octanol–water partition coefficient (Wildman–Crippen LogP) is 7.72. The molecule has 0 spiro atoms. The van der Waals surface area contributed by atoms with Crippen LogP contribution in [0, 0.1) is 0 Å². The van der Waals surface area contributed by atoms with Gasteiger partial charge in [-0.25, -0.2) is 0 Å². The molecule has 0 aliphatic heterocycles. The van der Waals surface area contributed by atoms with Gasteiger partial charge in [0.05, 0.1) is 10.0 Å². The van der Waals surface area contributed by atoms with Gasteiger partial charge >= 0.3 is 0 Å². The maximum atomic E-state index is 11.0. The normalized spacial score (nSPS) is 11.7. The van der Waals surface area contributed by atoms with Crippen LogP contribution in [-0.4, -0.2) is 10.2 Å². The molecule has 0 saturated carbocycles. The summed E-state index contributed by atoms with van der Waals surface area (Å²) in [5, 5.41) is 25.2. The molecule has 164 valence electrons. The monoisotopic (exact) mass is 514 g/mol. The van der Waals surface area contributed by atoms with E-state index in [0.29, 0.717) is 20.7 Å². The summed E-state index contributed by atoms with van der Waals surface area (Å²) in [4.78, 5) is 0. The predicted molar refractivity (Wildman–Crippen MR) is 137 cm³/mol. The molecule has 0 atom stereocenters. The zero-order valence-electron chi connectivity index (χ0n) is 17.5. The molecule has 0 aliphatic carbocycles. The van der Waals surface area contributed by atoms with Gasteiger partial charge in [0.2, 0.25) is 0 Å². The Balaban J connectivity index is 2.52. The van der Waals surface area contributed by atoms with E-state index in [1.807, 2.05) is 6.07 Å². The topological polar surface area (TPSA) is 40.5 Å². The second-order valence-electron chi connectivity index (χ2n) is 7.94. The molecule has 0 heterocycles. The van der Waals surface area contributed by atoms with E-state index >= 15 is 0 Å². The second kappa shape index (κ2) is 9.77. The summed E-state index contributed by atoms with van der Waals surface area (Å²) in [5.41, 5.74) is 2.23. The third-order valence-electron chi connectivity index (χ3n) is 5.06. The van der Waals surface area contributed by atoms with Crippen LogP contribution >= 0.6 is 54.3 Å². The fraction of sp³-hybridized carbons (Fsp3) is 0.250. The van der Waals surface area contributed by atoms with Gasteiger partial charge in [0, 0.05) is 20.7 Å². The summed E-state index contributed by atoms with van der Waals surface area (Å²) in [6.45, 7) is 8.47. The van der Waals surface area contributed by atoms with Crippen molar-refractivity contribution in [3.8, 4) is 11.5 Å². The molecular weight excluding hydrogens is 493 g/mol. The van der Waals surface area contributed by atoms with Crippen molar-refractivity contribution < 1.29 is 10.2 Å². The summed E-state index contributed by atoms with van der Waals surface area (Å²) in [6.07, 6.45) is 0. The fourth-order valence-electron chi connectivity index (χ4n) is 3.59. The van der Waals surface area contributed by atoms with Crippen LogP contribution in [0.2, 0.25) is 20.1 Å². The molecular formula is C24H23Cl4O2P. The van der Waals surface area contributed by atoms with Crippen molar-refractivity contribution in [2.75, 3.05) is 0 Å². The molecule has 7 heteroatoms. The van der Waals surface area contributed by atoms with Crippen molar-refractivity contribution in [1.82, 2.24) is 0 Å². The summed E-state index contributed by atoms with van der Waals surface area (Å²) in [6, 6.07) is 12.6. The quantitative estimate of drug-likeness (QED) is 0.341. The van der Waals surface area contributed by atoms with E-state index in [1.54, 1.807) is 12.1 Å². The SMILES string of the molecule is CC(C)c1cccc(C(C)C)c1P(c1cc(Cl)cc(Cl)c1O)c1cc(Cl)cc(Cl)c1O. The zero-order valence-corrected chi connectivity index (χ0v) is 21.5. The smallest absolute Gasteiger partial charge is 0.142 e. The summed E-state index contributed by atoms with van der Waals surface area (Å²) >= 11 is 25.3. The Kier molecular flexibility index (Phi) is 7.72. The number of hydrogen-bond acceptors (Lipinski definition) is 2. The van der Waals surface area contributed by atoms with Gasteiger partial charge in [-0.2, -0.15) is 0 Å².